The zero-order valence-corrected chi connectivity index (χ0v) is 13.0. The second-order valence-electron chi connectivity index (χ2n) is 5.41. The Bertz CT molecular complexity index is 347. The van der Waals surface area contributed by atoms with Gasteiger partial charge in [0.05, 0.1) is 0 Å². The van der Waals surface area contributed by atoms with E-state index >= 15 is 0 Å². The number of hydrogen-bond acceptors (Lipinski definition) is 1. The van der Waals surface area contributed by atoms with Crippen LogP contribution in [0.3, 0.4) is 0 Å². The Morgan fingerprint density at radius 3 is 2.53 bits per heavy atom. The van der Waals surface area contributed by atoms with E-state index in [1.54, 1.807) is 0 Å². The molecular weight excluding hydrogens is 274 g/mol. The molecule has 17 heavy (non-hydrogen) atoms. The van der Waals surface area contributed by atoms with Crippen molar-refractivity contribution in [3.8, 4) is 0 Å². The number of nitrogens with one attached hydrogen (secondary N) is 1. The van der Waals surface area contributed by atoms with Crippen LogP contribution in [0.15, 0.2) is 28.7 Å². The molecule has 0 aliphatic heterocycles. The van der Waals surface area contributed by atoms with E-state index < -0.39 is 0 Å². The molecule has 1 N–H and O–H groups in total. The zero-order valence-electron chi connectivity index (χ0n) is 11.4. The van der Waals surface area contributed by atoms with Crippen LogP contribution in [0.1, 0.15) is 52.1 Å². The third-order valence-electron chi connectivity index (χ3n) is 3.44. The molecule has 2 heteroatoms. The van der Waals surface area contributed by atoms with Gasteiger partial charge < -0.3 is 5.32 Å². The molecule has 0 heterocycles. The van der Waals surface area contributed by atoms with Gasteiger partial charge in [0.1, 0.15) is 0 Å². The molecular formula is C15H24BrN. The Morgan fingerprint density at radius 2 is 2.00 bits per heavy atom. The van der Waals surface area contributed by atoms with E-state index in [1.165, 1.54) is 12.0 Å². The van der Waals surface area contributed by atoms with Gasteiger partial charge in [-0.2, -0.15) is 0 Å². The highest BCUT2D eigenvalue weighted by molar-refractivity contribution is 9.10. The molecule has 0 fully saturated rings. The molecule has 0 aliphatic rings. The summed E-state index contributed by atoms with van der Waals surface area (Å²) in [5, 5.41) is 3.68. The molecule has 1 aromatic carbocycles. The summed E-state index contributed by atoms with van der Waals surface area (Å²) >= 11 is 3.54. The Morgan fingerprint density at radius 1 is 1.29 bits per heavy atom. The fourth-order valence-electron chi connectivity index (χ4n) is 1.75. The predicted molar refractivity (Wildman–Crippen MR) is 79.2 cm³/mol. The topological polar surface area (TPSA) is 12.0 Å². The van der Waals surface area contributed by atoms with Gasteiger partial charge in [0, 0.05) is 17.1 Å². The van der Waals surface area contributed by atoms with Crippen LogP contribution in [-0.4, -0.2) is 6.54 Å². The van der Waals surface area contributed by atoms with Gasteiger partial charge in [0.25, 0.3) is 0 Å². The standard InChI is InChI=1S/C15H24BrN/c1-5-14(17-11-15(3,4)6-2)12-8-7-9-13(16)10-12/h7-10,14,17H,5-6,11H2,1-4H3. The molecule has 1 rings (SSSR count). The van der Waals surface area contributed by atoms with Crippen LogP contribution >= 0.6 is 15.9 Å². The van der Waals surface area contributed by atoms with Crippen molar-refractivity contribution in [2.75, 3.05) is 6.54 Å². The SMILES string of the molecule is CCC(NCC(C)(C)CC)c1cccc(Br)c1. The summed E-state index contributed by atoms with van der Waals surface area (Å²) in [5.74, 6) is 0. The Labute approximate surface area is 114 Å². The fraction of sp³-hybridized carbons (Fsp3) is 0.600. The van der Waals surface area contributed by atoms with E-state index in [-0.39, 0.29) is 0 Å². The highest BCUT2D eigenvalue weighted by Crippen LogP contribution is 2.24. The van der Waals surface area contributed by atoms with Crippen molar-refractivity contribution in [2.24, 2.45) is 5.41 Å². The highest BCUT2D eigenvalue weighted by Gasteiger charge is 2.17. The minimum absolute atomic E-state index is 0.374. The molecule has 0 amide bonds. The van der Waals surface area contributed by atoms with Crippen LogP contribution in [0, 0.1) is 5.41 Å². The normalized spacial score (nSPS) is 13.7. The van der Waals surface area contributed by atoms with E-state index in [9.17, 15) is 0 Å². The lowest BCUT2D eigenvalue weighted by atomic mass is 9.89. The molecule has 0 bridgehead atoms. The molecule has 0 saturated heterocycles. The van der Waals surface area contributed by atoms with Crippen LogP contribution in [-0.2, 0) is 0 Å². The average molecular weight is 298 g/mol. The molecule has 0 spiro atoms. The molecule has 0 radical (unpaired) electrons. The minimum Gasteiger partial charge on any atom is -0.309 e. The first-order chi connectivity index (χ1) is 7.98. The summed E-state index contributed by atoms with van der Waals surface area (Å²) < 4.78 is 1.16. The second-order valence-corrected chi connectivity index (χ2v) is 6.33. The predicted octanol–water partition coefficient (Wildman–Crippen LogP) is 4.93. The summed E-state index contributed by atoms with van der Waals surface area (Å²) in [6.45, 7) is 10.2. The average Bonchev–Trinajstić information content (AvgIpc) is 2.30. The first-order valence-corrected chi connectivity index (χ1v) is 7.26. The first-order valence-electron chi connectivity index (χ1n) is 6.47. The lowest BCUT2D eigenvalue weighted by molar-refractivity contribution is 0.307. The monoisotopic (exact) mass is 297 g/mol. The Kier molecular flexibility index (Phi) is 5.68. The maximum atomic E-state index is 3.68. The van der Waals surface area contributed by atoms with Crippen molar-refractivity contribution < 1.29 is 0 Å². The van der Waals surface area contributed by atoms with Crippen LogP contribution in [0.4, 0.5) is 0 Å². The second kappa shape index (κ2) is 6.55. The third kappa shape index (κ3) is 4.81. The lowest BCUT2D eigenvalue weighted by Crippen LogP contribution is -2.31. The van der Waals surface area contributed by atoms with Crippen molar-refractivity contribution >= 4 is 15.9 Å². The van der Waals surface area contributed by atoms with E-state index in [1.807, 2.05) is 0 Å². The summed E-state index contributed by atoms with van der Waals surface area (Å²) in [7, 11) is 0. The third-order valence-corrected chi connectivity index (χ3v) is 3.94. The van der Waals surface area contributed by atoms with Crippen molar-refractivity contribution in [3.05, 3.63) is 34.3 Å². The van der Waals surface area contributed by atoms with Crippen molar-refractivity contribution in [1.82, 2.24) is 5.32 Å². The molecule has 0 saturated carbocycles. The molecule has 0 aromatic heterocycles. The zero-order chi connectivity index (χ0) is 12.9. The Hall–Kier alpha value is -0.340. The van der Waals surface area contributed by atoms with Gasteiger partial charge in [0.15, 0.2) is 0 Å². The van der Waals surface area contributed by atoms with Crippen molar-refractivity contribution in [3.63, 3.8) is 0 Å². The van der Waals surface area contributed by atoms with E-state index in [2.05, 4.69) is 73.2 Å². The quantitative estimate of drug-likeness (QED) is 0.785. The first kappa shape index (κ1) is 14.7. The number of halogens is 1. The summed E-state index contributed by atoms with van der Waals surface area (Å²) in [5.41, 5.74) is 1.74. The molecule has 1 aromatic rings. The van der Waals surface area contributed by atoms with Crippen LogP contribution in [0.5, 0.6) is 0 Å². The summed E-state index contributed by atoms with van der Waals surface area (Å²) in [4.78, 5) is 0. The minimum atomic E-state index is 0.374. The van der Waals surface area contributed by atoms with Gasteiger partial charge in [-0.25, -0.2) is 0 Å². The molecule has 1 atom stereocenters. The highest BCUT2D eigenvalue weighted by atomic mass is 79.9. The maximum Gasteiger partial charge on any atom is 0.0318 e. The maximum absolute atomic E-state index is 3.68. The van der Waals surface area contributed by atoms with Crippen molar-refractivity contribution in [2.45, 2.75) is 46.6 Å². The van der Waals surface area contributed by atoms with Gasteiger partial charge in [-0.15, -0.1) is 0 Å². The lowest BCUT2D eigenvalue weighted by Gasteiger charge is -2.27. The largest absolute Gasteiger partial charge is 0.309 e. The van der Waals surface area contributed by atoms with Crippen molar-refractivity contribution in [1.29, 1.82) is 0 Å². The number of rotatable bonds is 6. The molecule has 96 valence electrons. The molecule has 1 unspecified atom stereocenters. The van der Waals surface area contributed by atoms with Gasteiger partial charge in [0.2, 0.25) is 0 Å². The van der Waals surface area contributed by atoms with E-state index in [0.29, 0.717) is 11.5 Å². The Balaban J connectivity index is 2.66. The number of benzene rings is 1. The van der Waals surface area contributed by atoms with Gasteiger partial charge >= 0.3 is 0 Å². The smallest absolute Gasteiger partial charge is 0.0318 e. The molecule has 0 aliphatic carbocycles. The summed E-state index contributed by atoms with van der Waals surface area (Å²) in [6, 6.07) is 9.05. The fourth-order valence-corrected chi connectivity index (χ4v) is 2.16. The molecule has 1 nitrogen and oxygen atoms in total. The van der Waals surface area contributed by atoms with Crippen LogP contribution < -0.4 is 5.32 Å². The van der Waals surface area contributed by atoms with E-state index in [0.717, 1.165) is 17.4 Å². The number of hydrogen-bond donors (Lipinski definition) is 1. The summed E-state index contributed by atoms with van der Waals surface area (Å²) in [6.07, 6.45) is 2.32. The van der Waals surface area contributed by atoms with Gasteiger partial charge in [-0.05, 0) is 36.0 Å². The van der Waals surface area contributed by atoms with Gasteiger partial charge in [-0.1, -0.05) is 55.8 Å². The van der Waals surface area contributed by atoms with Gasteiger partial charge in [-0.3, -0.25) is 0 Å². The van der Waals surface area contributed by atoms with Crippen LogP contribution in [0.25, 0.3) is 0 Å². The van der Waals surface area contributed by atoms with E-state index in [4.69, 9.17) is 0 Å². The van der Waals surface area contributed by atoms with Crippen LogP contribution in [0.2, 0.25) is 0 Å².